The third kappa shape index (κ3) is 2.50. The van der Waals surface area contributed by atoms with Crippen molar-refractivity contribution in [3.05, 3.63) is 23.9 Å². The second-order valence-corrected chi connectivity index (χ2v) is 6.08. The van der Waals surface area contributed by atoms with Crippen molar-refractivity contribution in [3.63, 3.8) is 0 Å². The molecule has 1 aromatic heterocycles. The minimum Gasteiger partial charge on any atom is -0.481 e. The summed E-state index contributed by atoms with van der Waals surface area (Å²) in [4.78, 5) is 19.0. The van der Waals surface area contributed by atoms with E-state index in [4.69, 9.17) is 9.47 Å². The van der Waals surface area contributed by atoms with E-state index in [9.17, 15) is 4.79 Å². The van der Waals surface area contributed by atoms with Crippen LogP contribution in [0.1, 0.15) is 25.0 Å². The quantitative estimate of drug-likeness (QED) is 0.792. The van der Waals surface area contributed by atoms with E-state index in [0.717, 1.165) is 44.6 Å². The van der Waals surface area contributed by atoms with Crippen LogP contribution in [0.4, 0.5) is 0 Å². The Bertz CT molecular complexity index is 534. The summed E-state index contributed by atoms with van der Waals surface area (Å²) in [6.07, 6.45) is 3.20. The summed E-state index contributed by atoms with van der Waals surface area (Å²) in [5.41, 5.74) is 0.697. The number of fused-ring (bicyclic) bond motifs is 1. The molecule has 2 heterocycles. The molecule has 1 saturated heterocycles. The van der Waals surface area contributed by atoms with Crippen LogP contribution in [0.25, 0.3) is 0 Å². The maximum absolute atomic E-state index is 12.2. The predicted octanol–water partition coefficient (Wildman–Crippen LogP) is 1.87. The highest BCUT2D eigenvalue weighted by atomic mass is 16.5. The van der Waals surface area contributed by atoms with E-state index in [1.54, 1.807) is 7.11 Å². The van der Waals surface area contributed by atoms with Gasteiger partial charge < -0.3 is 9.47 Å². The van der Waals surface area contributed by atoms with Crippen molar-refractivity contribution >= 4 is 5.97 Å². The van der Waals surface area contributed by atoms with Gasteiger partial charge >= 0.3 is 5.97 Å². The summed E-state index contributed by atoms with van der Waals surface area (Å²) < 4.78 is 10.2. The number of nitrogens with zero attached hydrogens (tertiary/aromatic N) is 2. The molecule has 21 heavy (non-hydrogen) atoms. The molecular formula is C16H22N2O3. The van der Waals surface area contributed by atoms with E-state index in [0.29, 0.717) is 11.8 Å². The van der Waals surface area contributed by atoms with E-state index < -0.39 is 0 Å². The van der Waals surface area contributed by atoms with Crippen LogP contribution in [-0.4, -0.2) is 43.2 Å². The summed E-state index contributed by atoms with van der Waals surface area (Å²) >= 11 is 0. The zero-order valence-corrected chi connectivity index (χ0v) is 12.7. The monoisotopic (exact) mass is 290 g/mol. The Morgan fingerprint density at radius 1 is 1.48 bits per heavy atom. The fraction of sp³-hybridized carbons (Fsp3) is 0.625. The lowest BCUT2D eigenvalue weighted by Gasteiger charge is -2.25. The van der Waals surface area contributed by atoms with Crippen LogP contribution in [0.15, 0.2) is 18.2 Å². The average Bonchev–Trinajstić information content (AvgIpc) is 3.04. The van der Waals surface area contributed by atoms with Crippen LogP contribution in [-0.2, 0) is 16.1 Å². The Balaban J connectivity index is 1.73. The fourth-order valence-electron chi connectivity index (χ4n) is 3.94. The first-order valence-electron chi connectivity index (χ1n) is 7.48. The molecule has 0 radical (unpaired) electrons. The standard InChI is InChI=1S/C16H22N2O3/c1-20-14-7-3-6-13(17-14)10-18-9-12-5-4-8-16(12,11-18)15(19)21-2/h3,6-7,12H,4-5,8-11H2,1-2H3/t12-,16-/m0/s1. The fourth-order valence-corrected chi connectivity index (χ4v) is 3.94. The first-order valence-corrected chi connectivity index (χ1v) is 7.48. The van der Waals surface area contributed by atoms with Gasteiger partial charge in [0.05, 0.1) is 25.3 Å². The molecule has 0 N–H and O–H groups in total. The largest absolute Gasteiger partial charge is 0.481 e. The minimum absolute atomic E-state index is 0.0360. The molecule has 2 fully saturated rings. The van der Waals surface area contributed by atoms with Gasteiger partial charge in [0.1, 0.15) is 0 Å². The Morgan fingerprint density at radius 3 is 3.10 bits per heavy atom. The van der Waals surface area contributed by atoms with Crippen LogP contribution in [0, 0.1) is 11.3 Å². The SMILES string of the molecule is COC(=O)[C@]12CCC[C@H]1CN(Cc1cccc(OC)n1)C2. The smallest absolute Gasteiger partial charge is 0.313 e. The van der Waals surface area contributed by atoms with Crippen molar-refractivity contribution in [2.45, 2.75) is 25.8 Å². The number of carbonyl (C=O) groups excluding carboxylic acids is 1. The van der Waals surface area contributed by atoms with Crippen molar-refractivity contribution < 1.29 is 14.3 Å². The molecule has 1 aliphatic heterocycles. The highest BCUT2D eigenvalue weighted by Gasteiger charge is 2.55. The van der Waals surface area contributed by atoms with Gasteiger partial charge in [-0.25, -0.2) is 4.98 Å². The lowest BCUT2D eigenvalue weighted by atomic mass is 9.81. The molecule has 114 valence electrons. The van der Waals surface area contributed by atoms with Gasteiger partial charge in [0.25, 0.3) is 0 Å². The number of esters is 1. The number of hydrogen-bond acceptors (Lipinski definition) is 5. The predicted molar refractivity (Wildman–Crippen MR) is 77.9 cm³/mol. The summed E-state index contributed by atoms with van der Waals surface area (Å²) in [6.45, 7) is 2.49. The number of rotatable bonds is 4. The zero-order chi connectivity index (χ0) is 14.9. The molecule has 1 saturated carbocycles. The van der Waals surface area contributed by atoms with Gasteiger partial charge in [0, 0.05) is 25.7 Å². The van der Waals surface area contributed by atoms with E-state index in [1.807, 2.05) is 18.2 Å². The van der Waals surface area contributed by atoms with Gasteiger partial charge in [-0.1, -0.05) is 12.5 Å². The summed E-state index contributed by atoms with van der Waals surface area (Å²) in [6, 6.07) is 5.80. The summed E-state index contributed by atoms with van der Waals surface area (Å²) in [5.74, 6) is 1.02. The lowest BCUT2D eigenvalue weighted by molar-refractivity contribution is -0.153. The minimum atomic E-state index is -0.284. The van der Waals surface area contributed by atoms with E-state index >= 15 is 0 Å². The molecule has 0 bridgehead atoms. The molecule has 5 nitrogen and oxygen atoms in total. The zero-order valence-electron chi connectivity index (χ0n) is 12.7. The number of methoxy groups -OCH3 is 2. The highest BCUT2D eigenvalue weighted by molar-refractivity contribution is 5.78. The lowest BCUT2D eigenvalue weighted by Crippen LogP contribution is -2.36. The summed E-state index contributed by atoms with van der Waals surface area (Å²) in [7, 11) is 3.12. The molecule has 0 aromatic carbocycles. The molecule has 0 spiro atoms. The third-order valence-electron chi connectivity index (χ3n) is 4.91. The Kier molecular flexibility index (Phi) is 3.85. The normalized spacial score (nSPS) is 28.4. The molecule has 1 aromatic rings. The van der Waals surface area contributed by atoms with Crippen molar-refractivity contribution in [2.75, 3.05) is 27.3 Å². The van der Waals surface area contributed by atoms with Gasteiger partial charge in [-0.2, -0.15) is 0 Å². The third-order valence-corrected chi connectivity index (χ3v) is 4.91. The average molecular weight is 290 g/mol. The van der Waals surface area contributed by atoms with E-state index in [2.05, 4.69) is 9.88 Å². The van der Waals surface area contributed by atoms with Crippen molar-refractivity contribution in [2.24, 2.45) is 11.3 Å². The first-order chi connectivity index (χ1) is 10.2. The number of carbonyl (C=O) groups is 1. The van der Waals surface area contributed by atoms with Gasteiger partial charge in [0.15, 0.2) is 0 Å². The van der Waals surface area contributed by atoms with E-state index in [-0.39, 0.29) is 11.4 Å². The van der Waals surface area contributed by atoms with Crippen LogP contribution >= 0.6 is 0 Å². The number of pyridine rings is 1. The Morgan fingerprint density at radius 2 is 2.33 bits per heavy atom. The van der Waals surface area contributed by atoms with Crippen LogP contribution in [0.3, 0.4) is 0 Å². The van der Waals surface area contributed by atoms with Crippen molar-refractivity contribution in [1.29, 1.82) is 0 Å². The van der Waals surface area contributed by atoms with Crippen LogP contribution in [0.5, 0.6) is 5.88 Å². The Labute approximate surface area is 125 Å². The molecule has 0 amide bonds. The van der Waals surface area contributed by atoms with Gasteiger partial charge in [-0.15, -0.1) is 0 Å². The molecule has 0 unspecified atom stereocenters. The first kappa shape index (κ1) is 14.3. The molecule has 2 aliphatic rings. The van der Waals surface area contributed by atoms with Crippen molar-refractivity contribution in [1.82, 2.24) is 9.88 Å². The van der Waals surface area contributed by atoms with Crippen LogP contribution < -0.4 is 4.74 Å². The number of ether oxygens (including phenoxy) is 2. The molecule has 1 aliphatic carbocycles. The number of hydrogen-bond donors (Lipinski definition) is 0. The molecule has 5 heteroatoms. The van der Waals surface area contributed by atoms with Gasteiger partial charge in [-0.05, 0) is 24.8 Å². The second kappa shape index (κ2) is 5.64. The number of aromatic nitrogens is 1. The summed E-state index contributed by atoms with van der Waals surface area (Å²) in [5, 5.41) is 0. The van der Waals surface area contributed by atoms with Gasteiger partial charge in [-0.3, -0.25) is 9.69 Å². The topological polar surface area (TPSA) is 51.7 Å². The Hall–Kier alpha value is -1.62. The highest BCUT2D eigenvalue weighted by Crippen LogP contribution is 2.49. The van der Waals surface area contributed by atoms with Crippen LogP contribution in [0.2, 0.25) is 0 Å². The maximum Gasteiger partial charge on any atom is 0.313 e. The molecule has 3 rings (SSSR count). The van der Waals surface area contributed by atoms with Crippen molar-refractivity contribution in [3.8, 4) is 5.88 Å². The maximum atomic E-state index is 12.2. The molecule has 2 atom stereocenters. The van der Waals surface area contributed by atoms with Gasteiger partial charge in [0.2, 0.25) is 5.88 Å². The number of likely N-dealkylation sites (tertiary alicyclic amines) is 1. The molecular weight excluding hydrogens is 268 g/mol. The second-order valence-electron chi connectivity index (χ2n) is 6.08. The van der Waals surface area contributed by atoms with E-state index in [1.165, 1.54) is 7.11 Å².